The highest BCUT2D eigenvalue weighted by atomic mass is 16.5. The molecular weight excluding hydrogens is 390 g/mol. The Hall–Kier alpha value is -3.72. The molecule has 3 aromatic rings. The average Bonchev–Trinajstić information content (AvgIpc) is 3.35. The van der Waals surface area contributed by atoms with E-state index in [0.717, 1.165) is 12.8 Å². The first-order valence-electron chi connectivity index (χ1n) is 9.40. The normalized spacial score (nSPS) is 16.5. The molecule has 4 rings (SSSR count). The lowest BCUT2D eigenvalue weighted by molar-refractivity contribution is 0.0930. The second kappa shape index (κ2) is 7.96. The number of para-hydroxylation sites is 1. The summed E-state index contributed by atoms with van der Waals surface area (Å²) in [5.41, 5.74) is 0.0131. The molecule has 9 heteroatoms. The number of carbonyl (C=O) groups excluding carboxylic acids is 2. The third kappa shape index (κ3) is 3.62. The fourth-order valence-corrected chi connectivity index (χ4v) is 3.47. The van der Waals surface area contributed by atoms with Gasteiger partial charge in [0.15, 0.2) is 0 Å². The molecule has 1 aromatic heterocycles. The highest BCUT2D eigenvalue weighted by molar-refractivity contribution is 6.03. The number of benzene rings is 2. The van der Waals surface area contributed by atoms with Gasteiger partial charge in [-0.05, 0) is 43.2 Å². The SMILES string of the molecule is O=C(N=NC(=O)c1ccccc1O)c1ccc2c(O)n(CC3CCCO3)c(O)c2c1. The summed E-state index contributed by atoms with van der Waals surface area (Å²) in [5, 5.41) is 38.1. The third-order valence-electron chi connectivity index (χ3n) is 5.04. The molecule has 1 saturated heterocycles. The van der Waals surface area contributed by atoms with Crippen LogP contribution in [0.3, 0.4) is 0 Å². The van der Waals surface area contributed by atoms with Gasteiger partial charge in [0.2, 0.25) is 11.8 Å². The molecule has 1 atom stereocenters. The molecule has 2 heterocycles. The van der Waals surface area contributed by atoms with E-state index in [2.05, 4.69) is 10.2 Å². The van der Waals surface area contributed by atoms with Crippen LogP contribution in [0.2, 0.25) is 0 Å². The van der Waals surface area contributed by atoms with Gasteiger partial charge in [-0.1, -0.05) is 12.1 Å². The predicted octanol–water partition coefficient (Wildman–Crippen LogP) is 3.37. The number of ether oxygens (including phenoxy) is 1. The van der Waals surface area contributed by atoms with Crippen molar-refractivity contribution in [1.29, 1.82) is 0 Å². The number of nitrogens with zero attached hydrogens (tertiary/aromatic N) is 3. The van der Waals surface area contributed by atoms with Crippen molar-refractivity contribution in [2.45, 2.75) is 25.5 Å². The number of fused-ring (bicyclic) bond motifs is 1. The highest BCUT2D eigenvalue weighted by Gasteiger charge is 2.23. The van der Waals surface area contributed by atoms with E-state index in [9.17, 15) is 24.9 Å². The zero-order valence-electron chi connectivity index (χ0n) is 15.9. The first-order valence-corrected chi connectivity index (χ1v) is 9.40. The van der Waals surface area contributed by atoms with Crippen LogP contribution in [0.5, 0.6) is 17.5 Å². The number of hydrogen-bond donors (Lipinski definition) is 3. The maximum Gasteiger partial charge on any atom is 0.299 e. The highest BCUT2D eigenvalue weighted by Crippen LogP contribution is 2.37. The van der Waals surface area contributed by atoms with Gasteiger partial charge in [-0.15, -0.1) is 10.2 Å². The van der Waals surface area contributed by atoms with E-state index in [1.807, 2.05) is 0 Å². The summed E-state index contributed by atoms with van der Waals surface area (Å²) < 4.78 is 6.90. The Labute approximate surface area is 170 Å². The van der Waals surface area contributed by atoms with E-state index in [1.54, 1.807) is 12.1 Å². The summed E-state index contributed by atoms with van der Waals surface area (Å²) in [6.07, 6.45) is 1.66. The number of phenolic OH excluding ortho intramolecular Hbond substituents is 1. The Bertz CT molecular complexity index is 1160. The molecule has 0 radical (unpaired) electrons. The van der Waals surface area contributed by atoms with Gasteiger partial charge >= 0.3 is 0 Å². The Morgan fingerprint density at radius 1 is 1.00 bits per heavy atom. The predicted molar refractivity (Wildman–Crippen MR) is 106 cm³/mol. The molecule has 2 amide bonds. The molecule has 0 saturated carbocycles. The fraction of sp³-hybridized carbons (Fsp3) is 0.238. The summed E-state index contributed by atoms with van der Waals surface area (Å²) in [4.78, 5) is 24.4. The molecule has 9 nitrogen and oxygen atoms in total. The monoisotopic (exact) mass is 409 g/mol. The molecule has 0 spiro atoms. The molecular formula is C21H19N3O6. The first-order chi connectivity index (χ1) is 14.5. The van der Waals surface area contributed by atoms with Gasteiger partial charge in [0.05, 0.1) is 18.2 Å². The molecule has 1 aliphatic heterocycles. The van der Waals surface area contributed by atoms with Crippen LogP contribution in [-0.4, -0.2) is 44.4 Å². The molecule has 1 fully saturated rings. The Morgan fingerprint density at radius 3 is 2.47 bits per heavy atom. The van der Waals surface area contributed by atoms with Gasteiger partial charge < -0.3 is 20.1 Å². The maximum atomic E-state index is 12.3. The van der Waals surface area contributed by atoms with Crippen LogP contribution in [0.25, 0.3) is 10.8 Å². The molecule has 1 unspecified atom stereocenters. The lowest BCUT2D eigenvalue weighted by Gasteiger charge is -2.12. The number of azo groups is 1. The average molecular weight is 409 g/mol. The van der Waals surface area contributed by atoms with Gasteiger partial charge in [-0.25, -0.2) is 0 Å². The van der Waals surface area contributed by atoms with Gasteiger partial charge in [0.1, 0.15) is 5.75 Å². The minimum Gasteiger partial charge on any atom is -0.507 e. The number of aromatic nitrogens is 1. The number of phenols is 1. The van der Waals surface area contributed by atoms with Gasteiger partial charge in [0, 0.05) is 22.9 Å². The number of hydrogen-bond acceptors (Lipinski definition) is 6. The van der Waals surface area contributed by atoms with Crippen molar-refractivity contribution in [3.8, 4) is 17.5 Å². The molecule has 2 aromatic carbocycles. The number of amides is 2. The lowest BCUT2D eigenvalue weighted by atomic mass is 10.1. The van der Waals surface area contributed by atoms with Crippen molar-refractivity contribution in [3.05, 3.63) is 53.6 Å². The van der Waals surface area contributed by atoms with Crippen molar-refractivity contribution in [2.24, 2.45) is 10.2 Å². The summed E-state index contributed by atoms with van der Waals surface area (Å²) in [6, 6.07) is 10.1. The van der Waals surface area contributed by atoms with Crippen LogP contribution >= 0.6 is 0 Å². The zero-order valence-corrected chi connectivity index (χ0v) is 15.9. The summed E-state index contributed by atoms with van der Waals surface area (Å²) in [7, 11) is 0. The minimum atomic E-state index is -0.856. The van der Waals surface area contributed by atoms with Crippen LogP contribution in [0.15, 0.2) is 52.7 Å². The zero-order chi connectivity index (χ0) is 21.3. The van der Waals surface area contributed by atoms with Crippen LogP contribution in [0.4, 0.5) is 0 Å². The Morgan fingerprint density at radius 2 is 1.73 bits per heavy atom. The van der Waals surface area contributed by atoms with E-state index in [0.29, 0.717) is 18.5 Å². The van der Waals surface area contributed by atoms with Crippen LogP contribution in [0.1, 0.15) is 33.6 Å². The standard InChI is InChI=1S/C21H19N3O6/c25-17-6-2-1-5-15(17)19(27)23-22-18(26)12-7-8-14-16(10-12)21(29)24(20(14)28)11-13-4-3-9-30-13/h1-2,5-8,10,13,25,28-29H,3-4,9,11H2. The van der Waals surface area contributed by atoms with Crippen LogP contribution in [0, 0.1) is 0 Å². The molecule has 0 bridgehead atoms. The van der Waals surface area contributed by atoms with Crippen LogP contribution in [-0.2, 0) is 11.3 Å². The maximum absolute atomic E-state index is 12.3. The van der Waals surface area contributed by atoms with Gasteiger partial charge in [-0.2, -0.15) is 0 Å². The van der Waals surface area contributed by atoms with Gasteiger partial charge in [0.25, 0.3) is 11.8 Å². The molecule has 3 N–H and O–H groups in total. The first kappa shape index (κ1) is 19.6. The van der Waals surface area contributed by atoms with E-state index < -0.39 is 11.8 Å². The van der Waals surface area contributed by atoms with E-state index in [1.165, 1.54) is 34.9 Å². The van der Waals surface area contributed by atoms with Crippen molar-refractivity contribution < 1.29 is 29.6 Å². The smallest absolute Gasteiger partial charge is 0.299 e. The Balaban J connectivity index is 1.58. The fourth-order valence-electron chi connectivity index (χ4n) is 3.47. The second-order valence-electron chi connectivity index (χ2n) is 6.98. The topological polar surface area (TPSA) is 134 Å². The molecule has 1 aliphatic rings. The third-order valence-corrected chi connectivity index (χ3v) is 5.04. The summed E-state index contributed by atoms with van der Waals surface area (Å²) in [6.45, 7) is 0.945. The van der Waals surface area contributed by atoms with Crippen molar-refractivity contribution >= 4 is 22.6 Å². The number of aromatic hydroxyl groups is 3. The Kier molecular flexibility index (Phi) is 5.20. The van der Waals surface area contributed by atoms with E-state index in [4.69, 9.17) is 4.74 Å². The largest absolute Gasteiger partial charge is 0.507 e. The van der Waals surface area contributed by atoms with E-state index in [-0.39, 0.29) is 40.1 Å². The molecule has 30 heavy (non-hydrogen) atoms. The second-order valence-corrected chi connectivity index (χ2v) is 6.98. The van der Waals surface area contributed by atoms with Gasteiger partial charge in [-0.3, -0.25) is 14.2 Å². The number of carbonyl (C=O) groups is 2. The van der Waals surface area contributed by atoms with Crippen molar-refractivity contribution in [3.63, 3.8) is 0 Å². The molecule has 154 valence electrons. The summed E-state index contributed by atoms with van der Waals surface area (Å²) >= 11 is 0. The summed E-state index contributed by atoms with van der Waals surface area (Å²) in [5.74, 6) is -2.22. The van der Waals surface area contributed by atoms with Crippen LogP contribution < -0.4 is 0 Å². The quantitative estimate of drug-likeness (QED) is 0.566. The lowest BCUT2D eigenvalue weighted by Crippen LogP contribution is -2.14. The van der Waals surface area contributed by atoms with Crippen molar-refractivity contribution in [1.82, 2.24) is 4.57 Å². The van der Waals surface area contributed by atoms with E-state index >= 15 is 0 Å². The minimum absolute atomic E-state index is 0.0710. The van der Waals surface area contributed by atoms with Crippen molar-refractivity contribution in [2.75, 3.05) is 6.61 Å². The number of rotatable bonds is 4. The molecule has 0 aliphatic carbocycles.